The molecule has 6 nitrogen and oxygen atoms in total. The molecule has 0 atom stereocenters. The summed E-state index contributed by atoms with van der Waals surface area (Å²) in [5, 5.41) is 0. The zero-order chi connectivity index (χ0) is 55.8. The Hall–Kier alpha value is -2.50. The molecule has 4 rings (SSSR count). The molecule has 0 heterocycles. The van der Waals surface area contributed by atoms with Crippen molar-refractivity contribution in [3.05, 3.63) is 138 Å². The van der Waals surface area contributed by atoms with Gasteiger partial charge in [-0.25, -0.2) is 0 Å². The molecule has 0 saturated carbocycles. The van der Waals surface area contributed by atoms with E-state index in [0.29, 0.717) is 0 Å². The normalized spacial score (nSPS) is 14.5. The van der Waals surface area contributed by atoms with Crippen LogP contribution in [0.1, 0.15) is 267 Å². The molecule has 0 unspecified atom stereocenters. The number of hydrogen-bond acceptors (Lipinski definition) is 6. The van der Waals surface area contributed by atoms with E-state index in [1.165, 1.54) is 33.4 Å². The number of hydrogen-bond donors (Lipinski definition) is 6. The van der Waals surface area contributed by atoms with Crippen molar-refractivity contribution in [2.75, 3.05) is 6.16 Å². The summed E-state index contributed by atoms with van der Waals surface area (Å²) in [6.07, 6.45) is -0.0649. The maximum absolute atomic E-state index is 11.1. The van der Waals surface area contributed by atoms with Gasteiger partial charge >= 0.3 is 438 Å². The standard InChI is InChI=1S/C32H53O3P.C31H51O3P/c1-20-15-22(29(3,4)5)17-25(31(9,10)11)27(20)24(19-36(33,34)35)28-21(2)16-23(30(6,7)8)18-26(28)32(12,13)14;1-19-15-21(28(3,4)5)17-23(30(9,10)11)25(19)27(35(32,33)34)26-20(2)16-22(29(6,7)8)18-24(26)31(12,13)14/h15-18,24,33-36H,19H2,1-14H3;15-18,27,32-35H,1-14H3. The monoisotopic (exact) mass is 1020 g/mol. The van der Waals surface area contributed by atoms with Crippen LogP contribution in [0.15, 0.2) is 48.5 Å². The summed E-state index contributed by atoms with van der Waals surface area (Å²) in [6, 6.07) is 17.9. The first-order valence-electron chi connectivity index (χ1n) is 26.2. The van der Waals surface area contributed by atoms with E-state index in [1.807, 2.05) is 13.8 Å². The molecule has 0 amide bonds. The van der Waals surface area contributed by atoms with Crippen molar-refractivity contribution < 1.29 is 29.4 Å². The Balaban J connectivity index is 0.000000375. The second-order valence-corrected chi connectivity index (χ2v) is 33.6. The summed E-state index contributed by atoms with van der Waals surface area (Å²) in [7, 11) is -9.07. The van der Waals surface area contributed by atoms with Gasteiger partial charge in [0.25, 0.3) is 0 Å². The molecular formula is C63H104O6P2. The van der Waals surface area contributed by atoms with Gasteiger partial charge in [0, 0.05) is 0 Å². The summed E-state index contributed by atoms with van der Waals surface area (Å²) in [5.41, 5.74) is 15.8. The Labute approximate surface area is 435 Å². The minimum absolute atomic E-state index is 0.0108. The number of aryl methyl sites for hydroxylation is 4. The van der Waals surface area contributed by atoms with Gasteiger partial charge in [0.05, 0.1) is 0 Å². The molecule has 0 aromatic heterocycles. The fourth-order valence-corrected chi connectivity index (χ4v) is 12.7. The average molecular weight is 1020 g/mol. The first-order chi connectivity index (χ1) is 31.2. The molecular weight excluding hydrogens is 915 g/mol. The molecule has 0 radical (unpaired) electrons. The quantitative estimate of drug-likeness (QED) is 0.103. The predicted octanol–water partition coefficient (Wildman–Crippen LogP) is 16.2. The van der Waals surface area contributed by atoms with Crippen molar-refractivity contribution in [3.63, 3.8) is 0 Å². The second-order valence-electron chi connectivity index (χ2n) is 29.7. The Bertz CT molecular complexity index is 2370. The molecule has 0 aliphatic carbocycles. The fraction of sp³-hybridized carbons (Fsp3) is 0.619. The first-order valence-corrected chi connectivity index (χ1v) is 30.1. The van der Waals surface area contributed by atoms with Gasteiger partial charge < -0.3 is 0 Å². The molecule has 0 fully saturated rings. The Morgan fingerprint density at radius 2 is 0.507 bits per heavy atom. The van der Waals surface area contributed by atoms with Crippen LogP contribution in [0.5, 0.6) is 0 Å². The van der Waals surface area contributed by atoms with Crippen LogP contribution in [0.2, 0.25) is 0 Å². The van der Waals surface area contributed by atoms with Crippen LogP contribution in [-0.4, -0.2) is 35.5 Å². The summed E-state index contributed by atoms with van der Waals surface area (Å²) in [6.45, 7) is 61.2. The van der Waals surface area contributed by atoms with Crippen molar-refractivity contribution in [1.82, 2.24) is 0 Å². The molecule has 0 spiro atoms. The summed E-state index contributed by atoms with van der Waals surface area (Å²) >= 11 is 0. The van der Waals surface area contributed by atoms with E-state index in [9.17, 15) is 29.4 Å². The van der Waals surface area contributed by atoms with E-state index in [-0.39, 0.29) is 55.4 Å². The maximum atomic E-state index is 11.1. The minimum atomic E-state index is -4.68. The average Bonchev–Trinajstić information content (AvgIpc) is 3.10. The zero-order valence-electron chi connectivity index (χ0n) is 50.2. The Morgan fingerprint density at radius 3 is 0.676 bits per heavy atom. The van der Waals surface area contributed by atoms with Crippen LogP contribution < -0.4 is 0 Å². The Kier molecular flexibility index (Phi) is 18.2. The van der Waals surface area contributed by atoms with Crippen LogP contribution in [0.3, 0.4) is 0 Å². The van der Waals surface area contributed by atoms with Crippen molar-refractivity contribution in [2.24, 2.45) is 0 Å². The number of rotatable bonds is 7. The molecule has 4 aromatic carbocycles. The van der Waals surface area contributed by atoms with Gasteiger partial charge in [-0.2, -0.15) is 0 Å². The third-order valence-electron chi connectivity index (χ3n) is 14.4. The topological polar surface area (TPSA) is 121 Å². The number of benzene rings is 4. The van der Waals surface area contributed by atoms with Gasteiger partial charge in [0.2, 0.25) is 0 Å². The SMILES string of the molecule is Cc1cc(C(C)(C)C)cc(C(C)(C)C)c1C(C[PH](O)(O)O)c1c(C)cc(C(C)(C)C)cc1C(C)(C)C.Cc1cc(C(C)(C)C)cc(C(C)(C)C)c1C(c1c(C)cc(C(C)(C)C)cc1C(C)(C)C)[PH](O)(O)O. The molecule has 4 aromatic rings. The fourth-order valence-electron chi connectivity index (χ4n) is 10.3. The van der Waals surface area contributed by atoms with Crippen molar-refractivity contribution >= 4 is 15.9 Å². The van der Waals surface area contributed by atoms with E-state index in [0.717, 1.165) is 55.6 Å². The van der Waals surface area contributed by atoms with Crippen molar-refractivity contribution in [3.8, 4) is 0 Å². The van der Waals surface area contributed by atoms with E-state index >= 15 is 0 Å². The van der Waals surface area contributed by atoms with Crippen molar-refractivity contribution in [2.45, 2.75) is 249 Å². The summed E-state index contributed by atoms with van der Waals surface area (Å²) < 4.78 is 0. The van der Waals surface area contributed by atoms with Crippen LogP contribution >= 0.6 is 15.9 Å². The van der Waals surface area contributed by atoms with Crippen LogP contribution in [0, 0.1) is 27.7 Å². The molecule has 71 heavy (non-hydrogen) atoms. The Morgan fingerprint density at radius 1 is 0.310 bits per heavy atom. The van der Waals surface area contributed by atoms with Crippen LogP contribution in [-0.2, 0) is 43.3 Å². The van der Waals surface area contributed by atoms with E-state index in [4.69, 9.17) is 0 Å². The van der Waals surface area contributed by atoms with Gasteiger partial charge in [-0.15, -0.1) is 0 Å². The van der Waals surface area contributed by atoms with E-state index in [1.54, 1.807) is 0 Å². The first kappa shape index (κ1) is 62.8. The third-order valence-corrected chi connectivity index (χ3v) is 16.7. The van der Waals surface area contributed by atoms with Gasteiger partial charge in [-0.1, -0.05) is 0 Å². The molecule has 0 aliphatic heterocycles. The van der Waals surface area contributed by atoms with E-state index < -0.39 is 21.5 Å². The van der Waals surface area contributed by atoms with Crippen molar-refractivity contribution in [1.29, 1.82) is 0 Å². The van der Waals surface area contributed by atoms with Gasteiger partial charge in [0.1, 0.15) is 0 Å². The molecule has 0 aliphatic rings. The van der Waals surface area contributed by atoms with E-state index in [2.05, 4.69) is 229 Å². The zero-order valence-corrected chi connectivity index (χ0v) is 52.2. The summed E-state index contributed by atoms with van der Waals surface area (Å²) in [4.78, 5) is 64.9. The van der Waals surface area contributed by atoms with Crippen LogP contribution in [0.4, 0.5) is 0 Å². The third kappa shape index (κ3) is 15.5. The molecule has 0 saturated heterocycles. The van der Waals surface area contributed by atoms with Crippen LogP contribution in [0.25, 0.3) is 0 Å². The summed E-state index contributed by atoms with van der Waals surface area (Å²) in [5.74, 6) is -0.330. The predicted molar refractivity (Wildman–Crippen MR) is 313 cm³/mol. The van der Waals surface area contributed by atoms with Gasteiger partial charge in [-0.3, -0.25) is 0 Å². The van der Waals surface area contributed by atoms with Gasteiger partial charge in [-0.05, 0) is 0 Å². The molecule has 0 bridgehead atoms. The molecule has 6 N–H and O–H groups in total. The molecule has 8 heteroatoms. The molecule has 402 valence electrons. The second kappa shape index (κ2) is 20.6. The van der Waals surface area contributed by atoms with Gasteiger partial charge in [0.15, 0.2) is 0 Å².